The summed E-state index contributed by atoms with van der Waals surface area (Å²) >= 11 is 0. The van der Waals surface area contributed by atoms with Crippen LogP contribution in [0.1, 0.15) is 5.69 Å². The van der Waals surface area contributed by atoms with Crippen LogP contribution in [0.3, 0.4) is 0 Å². The second-order valence-electron chi connectivity index (χ2n) is 4.53. The summed E-state index contributed by atoms with van der Waals surface area (Å²) in [6, 6.07) is 11.6. The zero-order valence-corrected chi connectivity index (χ0v) is 10.7. The minimum atomic E-state index is 0.258. The van der Waals surface area contributed by atoms with Crippen LogP contribution in [0.4, 0.5) is 5.95 Å². The Labute approximate surface area is 113 Å². The van der Waals surface area contributed by atoms with Gasteiger partial charge in [0.1, 0.15) is 5.52 Å². The molecule has 7 heteroatoms. The number of benzene rings is 1. The SMILES string of the molecule is Cc1c(-n2nnc3ccccc32)ccc2nc(N)nn12. The number of hydrogen-bond acceptors (Lipinski definition) is 5. The molecular weight excluding hydrogens is 254 g/mol. The first-order chi connectivity index (χ1) is 9.74. The molecule has 3 aromatic heterocycles. The minimum Gasteiger partial charge on any atom is -0.366 e. The molecule has 98 valence electrons. The quantitative estimate of drug-likeness (QED) is 0.561. The summed E-state index contributed by atoms with van der Waals surface area (Å²) in [4.78, 5) is 4.14. The van der Waals surface area contributed by atoms with Gasteiger partial charge in [-0.15, -0.1) is 10.2 Å². The van der Waals surface area contributed by atoms with Crippen molar-refractivity contribution in [1.29, 1.82) is 0 Å². The largest absolute Gasteiger partial charge is 0.366 e. The van der Waals surface area contributed by atoms with E-state index in [9.17, 15) is 0 Å². The fourth-order valence-electron chi connectivity index (χ4n) is 2.35. The highest BCUT2D eigenvalue weighted by molar-refractivity contribution is 5.76. The topological polar surface area (TPSA) is 86.9 Å². The van der Waals surface area contributed by atoms with Crippen molar-refractivity contribution in [3.8, 4) is 5.69 Å². The molecule has 0 bridgehead atoms. The Balaban J connectivity index is 2.04. The third kappa shape index (κ3) is 1.40. The van der Waals surface area contributed by atoms with Crippen LogP contribution in [0, 0.1) is 6.92 Å². The maximum atomic E-state index is 5.64. The van der Waals surface area contributed by atoms with E-state index >= 15 is 0 Å². The standard InChI is InChI=1S/C13H11N7/c1-8-10(6-7-12-15-13(14)17-19(8)12)20-11-5-3-2-4-9(11)16-18-20/h2-7H,1H3,(H2,14,17). The third-order valence-electron chi connectivity index (χ3n) is 3.31. The van der Waals surface area contributed by atoms with Crippen LogP contribution >= 0.6 is 0 Å². The Morgan fingerprint density at radius 1 is 1.10 bits per heavy atom. The number of aromatic nitrogens is 6. The van der Waals surface area contributed by atoms with Crippen LogP contribution in [0.25, 0.3) is 22.4 Å². The van der Waals surface area contributed by atoms with Gasteiger partial charge < -0.3 is 5.73 Å². The van der Waals surface area contributed by atoms with Crippen LogP contribution in [-0.4, -0.2) is 29.6 Å². The molecule has 0 atom stereocenters. The number of nitrogens with zero attached hydrogens (tertiary/aromatic N) is 6. The van der Waals surface area contributed by atoms with Crippen molar-refractivity contribution in [3.05, 3.63) is 42.1 Å². The summed E-state index contributed by atoms with van der Waals surface area (Å²) in [6.45, 7) is 1.95. The Morgan fingerprint density at radius 2 is 1.95 bits per heavy atom. The smallest absolute Gasteiger partial charge is 0.240 e. The third-order valence-corrected chi connectivity index (χ3v) is 3.31. The number of pyridine rings is 1. The van der Waals surface area contributed by atoms with Crippen LogP contribution in [0.2, 0.25) is 0 Å². The zero-order chi connectivity index (χ0) is 13.7. The molecule has 0 aliphatic carbocycles. The highest BCUT2D eigenvalue weighted by Crippen LogP contribution is 2.20. The highest BCUT2D eigenvalue weighted by atomic mass is 15.4. The number of aryl methyl sites for hydroxylation is 1. The molecule has 4 aromatic rings. The first kappa shape index (κ1) is 10.9. The van der Waals surface area contributed by atoms with Crippen molar-refractivity contribution in [2.75, 3.05) is 5.73 Å². The number of nitrogens with two attached hydrogens (primary N) is 1. The lowest BCUT2D eigenvalue weighted by atomic mass is 10.2. The molecule has 3 heterocycles. The van der Waals surface area contributed by atoms with E-state index in [0.29, 0.717) is 5.65 Å². The normalized spacial score (nSPS) is 11.4. The van der Waals surface area contributed by atoms with Crippen LogP contribution in [0.15, 0.2) is 36.4 Å². The van der Waals surface area contributed by atoms with Gasteiger partial charge in [0.25, 0.3) is 0 Å². The number of anilines is 1. The Morgan fingerprint density at radius 3 is 2.85 bits per heavy atom. The summed E-state index contributed by atoms with van der Waals surface area (Å²) < 4.78 is 3.50. The van der Waals surface area contributed by atoms with E-state index in [1.807, 2.05) is 43.3 Å². The van der Waals surface area contributed by atoms with E-state index in [4.69, 9.17) is 5.73 Å². The van der Waals surface area contributed by atoms with Gasteiger partial charge in [0.15, 0.2) is 5.65 Å². The lowest BCUT2D eigenvalue weighted by Gasteiger charge is -2.07. The first-order valence-electron chi connectivity index (χ1n) is 6.17. The molecule has 0 spiro atoms. The fraction of sp³-hybridized carbons (Fsp3) is 0.0769. The minimum absolute atomic E-state index is 0.258. The maximum Gasteiger partial charge on any atom is 0.240 e. The van der Waals surface area contributed by atoms with Gasteiger partial charge in [0.2, 0.25) is 5.95 Å². The van der Waals surface area contributed by atoms with E-state index in [-0.39, 0.29) is 5.95 Å². The Hall–Kier alpha value is -2.96. The molecule has 0 saturated carbocycles. The average Bonchev–Trinajstić information content (AvgIpc) is 3.03. The predicted octanol–water partition coefficient (Wildman–Crippen LogP) is 1.35. The van der Waals surface area contributed by atoms with Crippen molar-refractivity contribution in [3.63, 3.8) is 0 Å². The van der Waals surface area contributed by atoms with E-state index in [2.05, 4.69) is 20.4 Å². The molecule has 0 unspecified atom stereocenters. The molecule has 4 rings (SSSR count). The zero-order valence-electron chi connectivity index (χ0n) is 10.7. The van der Waals surface area contributed by atoms with Crippen LogP contribution in [-0.2, 0) is 0 Å². The summed E-state index contributed by atoms with van der Waals surface area (Å²) in [5, 5.41) is 12.6. The molecule has 0 fully saturated rings. The summed E-state index contributed by atoms with van der Waals surface area (Å²) in [7, 11) is 0. The number of rotatable bonds is 1. The molecule has 0 amide bonds. The predicted molar refractivity (Wildman–Crippen MR) is 74.6 cm³/mol. The van der Waals surface area contributed by atoms with Crippen molar-refractivity contribution < 1.29 is 0 Å². The average molecular weight is 265 g/mol. The number of para-hydroxylation sites is 1. The lowest BCUT2D eigenvalue weighted by Crippen LogP contribution is -2.04. The number of fused-ring (bicyclic) bond motifs is 2. The van der Waals surface area contributed by atoms with Gasteiger partial charge in [-0.2, -0.15) is 4.98 Å². The first-order valence-corrected chi connectivity index (χ1v) is 6.17. The van der Waals surface area contributed by atoms with Gasteiger partial charge in [-0.05, 0) is 31.2 Å². The molecule has 20 heavy (non-hydrogen) atoms. The van der Waals surface area contributed by atoms with Crippen molar-refractivity contribution in [2.45, 2.75) is 6.92 Å². The number of nitrogen functional groups attached to an aromatic ring is 1. The maximum absolute atomic E-state index is 5.64. The molecule has 1 aromatic carbocycles. The van der Waals surface area contributed by atoms with E-state index < -0.39 is 0 Å². The summed E-state index contributed by atoms with van der Waals surface area (Å²) in [6.07, 6.45) is 0. The van der Waals surface area contributed by atoms with E-state index in [0.717, 1.165) is 22.4 Å². The fourth-order valence-corrected chi connectivity index (χ4v) is 2.35. The number of hydrogen-bond donors (Lipinski definition) is 1. The van der Waals surface area contributed by atoms with Crippen LogP contribution < -0.4 is 5.73 Å². The van der Waals surface area contributed by atoms with Crippen LogP contribution in [0.5, 0.6) is 0 Å². The summed E-state index contributed by atoms with van der Waals surface area (Å²) in [5.41, 5.74) is 9.96. The van der Waals surface area contributed by atoms with Gasteiger partial charge in [-0.1, -0.05) is 17.3 Å². The van der Waals surface area contributed by atoms with Gasteiger partial charge in [0, 0.05) is 0 Å². The van der Waals surface area contributed by atoms with E-state index in [1.54, 1.807) is 9.20 Å². The molecule has 0 saturated heterocycles. The van der Waals surface area contributed by atoms with Crippen molar-refractivity contribution in [2.24, 2.45) is 0 Å². The Bertz CT molecular complexity index is 934. The van der Waals surface area contributed by atoms with E-state index in [1.165, 1.54) is 0 Å². The van der Waals surface area contributed by atoms with Gasteiger partial charge in [-0.3, -0.25) is 0 Å². The molecular formula is C13H11N7. The Kier molecular flexibility index (Phi) is 2.06. The van der Waals surface area contributed by atoms with Gasteiger partial charge in [0.05, 0.1) is 16.9 Å². The van der Waals surface area contributed by atoms with Gasteiger partial charge >= 0.3 is 0 Å². The lowest BCUT2D eigenvalue weighted by molar-refractivity contribution is 0.796. The monoisotopic (exact) mass is 265 g/mol. The van der Waals surface area contributed by atoms with Crippen molar-refractivity contribution in [1.82, 2.24) is 29.6 Å². The molecule has 7 nitrogen and oxygen atoms in total. The summed E-state index contributed by atoms with van der Waals surface area (Å²) in [5.74, 6) is 0.258. The van der Waals surface area contributed by atoms with Crippen molar-refractivity contribution >= 4 is 22.6 Å². The second-order valence-corrected chi connectivity index (χ2v) is 4.53. The second kappa shape index (κ2) is 3.77. The molecule has 0 aliphatic heterocycles. The molecule has 0 aliphatic rings. The van der Waals surface area contributed by atoms with Gasteiger partial charge in [-0.25, -0.2) is 9.20 Å². The molecule has 0 radical (unpaired) electrons. The molecule has 2 N–H and O–H groups in total. The highest BCUT2D eigenvalue weighted by Gasteiger charge is 2.12.